The van der Waals surface area contributed by atoms with Gasteiger partial charge in [-0.2, -0.15) is 0 Å². The molecule has 0 amide bonds. The van der Waals surface area contributed by atoms with Gasteiger partial charge in [0.2, 0.25) is 5.88 Å². The van der Waals surface area contributed by atoms with E-state index in [1.807, 2.05) is 6.07 Å². The summed E-state index contributed by atoms with van der Waals surface area (Å²) in [5, 5.41) is 2.99. The number of anilines is 1. The summed E-state index contributed by atoms with van der Waals surface area (Å²) in [5.74, 6) is 0.845. The first-order chi connectivity index (χ1) is 8.72. The molecule has 18 heavy (non-hydrogen) atoms. The van der Waals surface area contributed by atoms with Crippen molar-refractivity contribution in [2.24, 2.45) is 0 Å². The fraction of sp³-hybridized carbons (Fsp3) is 0.182. The number of aromatic nitrogens is 3. The first-order valence-electron chi connectivity index (χ1n) is 5.17. The van der Waals surface area contributed by atoms with Gasteiger partial charge in [-0.3, -0.25) is 4.79 Å². The van der Waals surface area contributed by atoms with Crippen molar-refractivity contribution in [3.63, 3.8) is 0 Å². The summed E-state index contributed by atoms with van der Waals surface area (Å²) in [6, 6.07) is 3.66. The van der Waals surface area contributed by atoms with Crippen molar-refractivity contribution in [1.82, 2.24) is 15.0 Å². The summed E-state index contributed by atoms with van der Waals surface area (Å²) in [6.45, 7) is 0.410. The van der Waals surface area contributed by atoms with Gasteiger partial charge >= 0.3 is 0 Å². The Bertz CT molecular complexity index is 600. The van der Waals surface area contributed by atoms with Crippen LogP contribution in [-0.4, -0.2) is 22.1 Å². The molecule has 94 valence electrons. The maximum atomic E-state index is 11.3. The average Bonchev–Trinajstić information content (AvgIpc) is 2.41. The zero-order valence-electron chi connectivity index (χ0n) is 9.61. The molecule has 0 fully saturated rings. The molecule has 0 bridgehead atoms. The summed E-state index contributed by atoms with van der Waals surface area (Å²) in [5.41, 5.74) is 0.463. The summed E-state index contributed by atoms with van der Waals surface area (Å²) in [4.78, 5) is 21.7. The molecule has 2 heterocycles. The molecule has 0 aliphatic rings. The molecule has 0 atom stereocenters. The number of methoxy groups -OCH3 is 1. The lowest BCUT2D eigenvalue weighted by Gasteiger charge is -2.09. The highest BCUT2D eigenvalue weighted by Crippen LogP contribution is 2.17. The molecule has 0 saturated carbocycles. The van der Waals surface area contributed by atoms with Crippen LogP contribution >= 0.6 is 11.6 Å². The van der Waals surface area contributed by atoms with Crippen molar-refractivity contribution in [1.29, 1.82) is 0 Å². The fourth-order valence-corrected chi connectivity index (χ4v) is 1.60. The van der Waals surface area contributed by atoms with Crippen LogP contribution in [0, 0.1) is 0 Å². The van der Waals surface area contributed by atoms with Crippen molar-refractivity contribution in [3.8, 4) is 5.88 Å². The lowest BCUT2D eigenvalue weighted by atomic mass is 10.2. The molecule has 0 aliphatic carbocycles. The van der Waals surface area contributed by atoms with E-state index in [9.17, 15) is 4.79 Å². The number of H-pyrrole nitrogens is 1. The highest BCUT2D eigenvalue weighted by atomic mass is 35.5. The maximum Gasteiger partial charge on any atom is 0.271 e. The van der Waals surface area contributed by atoms with Gasteiger partial charge < -0.3 is 15.0 Å². The summed E-state index contributed by atoms with van der Waals surface area (Å²) in [6.07, 6.45) is 2.93. The molecule has 0 spiro atoms. The maximum absolute atomic E-state index is 11.3. The van der Waals surface area contributed by atoms with E-state index in [-0.39, 0.29) is 10.6 Å². The zero-order chi connectivity index (χ0) is 13.0. The predicted molar refractivity (Wildman–Crippen MR) is 68.0 cm³/mol. The molecule has 2 aromatic rings. The number of ether oxygens (including phenoxy) is 1. The molecule has 2 aromatic heterocycles. The van der Waals surface area contributed by atoms with Gasteiger partial charge in [0, 0.05) is 18.3 Å². The number of hydrogen-bond donors (Lipinski definition) is 2. The minimum absolute atomic E-state index is 0.0281. The first kappa shape index (κ1) is 12.4. The molecule has 0 radical (unpaired) electrons. The topological polar surface area (TPSA) is 79.9 Å². The lowest BCUT2D eigenvalue weighted by Crippen LogP contribution is -2.12. The second-order valence-electron chi connectivity index (χ2n) is 3.42. The number of nitrogens with one attached hydrogen (secondary N) is 2. The van der Waals surface area contributed by atoms with Gasteiger partial charge in [-0.15, -0.1) is 0 Å². The van der Waals surface area contributed by atoms with E-state index in [1.54, 1.807) is 19.4 Å². The smallest absolute Gasteiger partial charge is 0.271 e. The van der Waals surface area contributed by atoms with Crippen LogP contribution in [0.3, 0.4) is 0 Å². The Labute approximate surface area is 108 Å². The van der Waals surface area contributed by atoms with E-state index >= 15 is 0 Å². The highest BCUT2D eigenvalue weighted by molar-refractivity contribution is 6.32. The van der Waals surface area contributed by atoms with E-state index in [0.29, 0.717) is 18.2 Å². The van der Waals surface area contributed by atoms with E-state index < -0.39 is 0 Å². The van der Waals surface area contributed by atoms with Crippen LogP contribution in [0.15, 0.2) is 29.5 Å². The Balaban J connectivity index is 2.16. The highest BCUT2D eigenvalue weighted by Gasteiger charge is 2.07. The molecule has 0 aliphatic heterocycles. The number of nitrogens with zero attached hydrogens (tertiary/aromatic N) is 2. The largest absolute Gasteiger partial charge is 0.481 e. The normalized spacial score (nSPS) is 10.1. The summed E-state index contributed by atoms with van der Waals surface area (Å²) >= 11 is 5.82. The zero-order valence-corrected chi connectivity index (χ0v) is 10.4. The summed E-state index contributed by atoms with van der Waals surface area (Å²) < 4.78 is 5.12. The van der Waals surface area contributed by atoms with Crippen LogP contribution in [0.1, 0.15) is 5.56 Å². The number of pyridine rings is 1. The Hall–Kier alpha value is -2.08. The Kier molecular flexibility index (Phi) is 3.78. The van der Waals surface area contributed by atoms with Crippen molar-refractivity contribution < 1.29 is 4.74 Å². The van der Waals surface area contributed by atoms with Gasteiger partial charge in [0.05, 0.1) is 13.4 Å². The quantitative estimate of drug-likeness (QED) is 0.875. The number of hydrogen-bond acceptors (Lipinski definition) is 5. The van der Waals surface area contributed by atoms with Crippen LogP contribution in [-0.2, 0) is 6.54 Å². The van der Waals surface area contributed by atoms with Crippen molar-refractivity contribution >= 4 is 17.4 Å². The minimum atomic E-state index is -0.382. The fourth-order valence-electron chi connectivity index (χ4n) is 1.43. The van der Waals surface area contributed by atoms with E-state index in [2.05, 4.69) is 20.3 Å². The van der Waals surface area contributed by atoms with Gasteiger partial charge in [0.1, 0.15) is 5.02 Å². The molecular formula is C11H11ClN4O2. The second-order valence-corrected chi connectivity index (χ2v) is 3.80. The van der Waals surface area contributed by atoms with Crippen molar-refractivity contribution in [2.45, 2.75) is 6.54 Å². The molecule has 2 rings (SSSR count). The van der Waals surface area contributed by atoms with Gasteiger partial charge in [-0.1, -0.05) is 17.7 Å². The standard InChI is InChI=1S/C11H11ClN4O2/c1-18-11-7(3-2-4-13-11)5-14-9-8(12)10(17)16-6-15-9/h2-4,6H,5H2,1H3,(H2,14,15,16,17). The van der Waals surface area contributed by atoms with E-state index in [4.69, 9.17) is 16.3 Å². The third-order valence-corrected chi connectivity index (χ3v) is 2.64. The van der Waals surface area contributed by atoms with Crippen molar-refractivity contribution in [3.05, 3.63) is 45.6 Å². The van der Waals surface area contributed by atoms with Crippen LogP contribution in [0.2, 0.25) is 5.02 Å². The Morgan fingerprint density at radius 3 is 3.11 bits per heavy atom. The number of halogens is 1. The number of rotatable bonds is 4. The van der Waals surface area contributed by atoms with Crippen LogP contribution in [0.5, 0.6) is 5.88 Å². The average molecular weight is 267 g/mol. The van der Waals surface area contributed by atoms with Crippen molar-refractivity contribution in [2.75, 3.05) is 12.4 Å². The second kappa shape index (κ2) is 5.50. The Morgan fingerprint density at radius 2 is 2.33 bits per heavy atom. The lowest BCUT2D eigenvalue weighted by molar-refractivity contribution is 0.393. The van der Waals surface area contributed by atoms with Crippen LogP contribution in [0.4, 0.5) is 5.82 Å². The molecule has 0 unspecified atom stereocenters. The third kappa shape index (κ3) is 2.60. The predicted octanol–water partition coefficient (Wildman–Crippen LogP) is 1.44. The molecule has 0 aromatic carbocycles. The third-order valence-electron chi connectivity index (χ3n) is 2.29. The van der Waals surface area contributed by atoms with Crippen LogP contribution < -0.4 is 15.6 Å². The first-order valence-corrected chi connectivity index (χ1v) is 5.55. The Morgan fingerprint density at radius 1 is 1.50 bits per heavy atom. The monoisotopic (exact) mass is 266 g/mol. The minimum Gasteiger partial charge on any atom is -0.481 e. The van der Waals surface area contributed by atoms with E-state index in [1.165, 1.54) is 6.33 Å². The van der Waals surface area contributed by atoms with Crippen LogP contribution in [0.25, 0.3) is 0 Å². The molecule has 6 nitrogen and oxygen atoms in total. The van der Waals surface area contributed by atoms with Gasteiger partial charge in [0.15, 0.2) is 5.82 Å². The molecular weight excluding hydrogens is 256 g/mol. The molecule has 7 heteroatoms. The van der Waals surface area contributed by atoms with Gasteiger partial charge in [-0.25, -0.2) is 9.97 Å². The molecule has 0 saturated heterocycles. The number of aromatic amines is 1. The van der Waals surface area contributed by atoms with Gasteiger partial charge in [-0.05, 0) is 6.07 Å². The molecule has 2 N–H and O–H groups in total. The van der Waals surface area contributed by atoms with E-state index in [0.717, 1.165) is 5.56 Å². The van der Waals surface area contributed by atoms with Gasteiger partial charge in [0.25, 0.3) is 5.56 Å². The summed E-state index contributed by atoms with van der Waals surface area (Å²) in [7, 11) is 1.55. The SMILES string of the molecule is COc1ncccc1CNc1nc[nH]c(=O)c1Cl.